The fourth-order valence-electron chi connectivity index (χ4n) is 2.11. The number of oxazole rings is 1. The van der Waals surface area contributed by atoms with E-state index in [0.29, 0.717) is 17.2 Å². The van der Waals surface area contributed by atoms with E-state index in [0.717, 1.165) is 23.9 Å². The summed E-state index contributed by atoms with van der Waals surface area (Å²) in [5.74, 6) is -1.53. The van der Waals surface area contributed by atoms with Crippen LogP contribution in [0.4, 0.5) is 13.2 Å². The number of alkyl halides is 3. The Balaban J connectivity index is 1.52. The van der Waals surface area contributed by atoms with Gasteiger partial charge in [-0.3, -0.25) is 20.4 Å². The third kappa shape index (κ3) is 4.79. The van der Waals surface area contributed by atoms with Crippen LogP contribution in [0, 0.1) is 0 Å². The smallest absolute Gasteiger partial charge is 0.416 e. The van der Waals surface area contributed by atoms with E-state index in [9.17, 15) is 22.8 Å². The number of nitrogens with one attached hydrogen (secondary N) is 2. The zero-order valence-electron chi connectivity index (χ0n) is 13.5. The second-order valence-corrected chi connectivity index (χ2v) is 6.24. The number of carbonyl (C=O) groups is 2. The molecule has 27 heavy (non-hydrogen) atoms. The molecule has 0 saturated carbocycles. The normalized spacial score (nSPS) is 11.4. The van der Waals surface area contributed by atoms with E-state index in [2.05, 4.69) is 15.8 Å². The Morgan fingerprint density at radius 1 is 1.07 bits per heavy atom. The van der Waals surface area contributed by atoms with Gasteiger partial charge in [0, 0.05) is 5.56 Å². The van der Waals surface area contributed by atoms with Crippen molar-refractivity contribution in [2.24, 2.45) is 0 Å². The molecule has 10 heteroatoms. The van der Waals surface area contributed by atoms with Crippen LogP contribution in [0.3, 0.4) is 0 Å². The number of halogens is 3. The monoisotopic (exact) mass is 395 g/mol. The molecule has 0 spiro atoms. The number of benzene rings is 2. The van der Waals surface area contributed by atoms with Gasteiger partial charge in [-0.05, 0) is 30.3 Å². The summed E-state index contributed by atoms with van der Waals surface area (Å²) in [6.45, 7) is 0. The lowest BCUT2D eigenvalue weighted by atomic mass is 10.1. The summed E-state index contributed by atoms with van der Waals surface area (Å²) < 4.78 is 43.4. The molecule has 2 N–H and O–H groups in total. The maximum atomic E-state index is 12.7. The topological polar surface area (TPSA) is 84.2 Å². The second kappa shape index (κ2) is 7.70. The van der Waals surface area contributed by atoms with Gasteiger partial charge >= 0.3 is 6.18 Å². The van der Waals surface area contributed by atoms with Gasteiger partial charge in [0.2, 0.25) is 5.91 Å². The number of hydrogen-bond acceptors (Lipinski definition) is 5. The molecule has 0 aliphatic rings. The lowest BCUT2D eigenvalue weighted by Gasteiger charge is -2.09. The number of hydrogen-bond donors (Lipinski definition) is 2. The minimum atomic E-state index is -4.56. The Hall–Kier alpha value is -3.01. The third-order valence-corrected chi connectivity index (χ3v) is 4.20. The van der Waals surface area contributed by atoms with Crippen LogP contribution in [-0.2, 0) is 11.0 Å². The number of aromatic nitrogens is 1. The van der Waals surface area contributed by atoms with Gasteiger partial charge in [0.1, 0.15) is 5.52 Å². The van der Waals surface area contributed by atoms with Gasteiger partial charge in [-0.15, -0.1) is 0 Å². The molecular formula is C17H12F3N3O3S. The SMILES string of the molecule is O=C(CSc1nc2ccccc2o1)NNC(=O)c1cccc(C(F)(F)F)c1. The fraction of sp³-hybridized carbons (Fsp3) is 0.118. The van der Waals surface area contributed by atoms with E-state index in [1.54, 1.807) is 24.3 Å². The van der Waals surface area contributed by atoms with Gasteiger partial charge in [0.15, 0.2) is 5.58 Å². The molecule has 0 radical (unpaired) electrons. The molecule has 3 rings (SSSR count). The van der Waals surface area contributed by atoms with Crippen LogP contribution in [0.15, 0.2) is 58.2 Å². The summed E-state index contributed by atoms with van der Waals surface area (Å²) in [5.41, 5.74) is 4.26. The number of para-hydroxylation sites is 2. The van der Waals surface area contributed by atoms with E-state index in [4.69, 9.17) is 4.42 Å². The largest absolute Gasteiger partial charge is 0.431 e. The van der Waals surface area contributed by atoms with E-state index in [1.165, 1.54) is 6.07 Å². The van der Waals surface area contributed by atoms with Gasteiger partial charge in [0.05, 0.1) is 11.3 Å². The van der Waals surface area contributed by atoms with Crippen molar-refractivity contribution < 1.29 is 27.2 Å². The Morgan fingerprint density at radius 2 is 1.85 bits per heavy atom. The van der Waals surface area contributed by atoms with Crippen LogP contribution in [0.2, 0.25) is 0 Å². The lowest BCUT2D eigenvalue weighted by molar-refractivity contribution is -0.137. The number of fused-ring (bicyclic) bond motifs is 1. The molecule has 0 saturated heterocycles. The minimum absolute atomic E-state index is 0.101. The van der Waals surface area contributed by atoms with Crippen molar-refractivity contribution in [1.82, 2.24) is 15.8 Å². The molecule has 140 valence electrons. The number of thioether (sulfide) groups is 1. The molecule has 1 heterocycles. The summed E-state index contributed by atoms with van der Waals surface area (Å²) in [5, 5.41) is 0.288. The highest BCUT2D eigenvalue weighted by molar-refractivity contribution is 7.99. The van der Waals surface area contributed by atoms with E-state index in [1.807, 2.05) is 0 Å². The van der Waals surface area contributed by atoms with Crippen molar-refractivity contribution in [3.8, 4) is 0 Å². The Morgan fingerprint density at radius 3 is 2.59 bits per heavy atom. The zero-order valence-corrected chi connectivity index (χ0v) is 14.4. The molecule has 0 aliphatic carbocycles. The van der Waals surface area contributed by atoms with Crippen molar-refractivity contribution in [1.29, 1.82) is 0 Å². The third-order valence-electron chi connectivity index (χ3n) is 3.37. The highest BCUT2D eigenvalue weighted by atomic mass is 32.2. The molecule has 0 fully saturated rings. The first-order valence-corrected chi connectivity index (χ1v) is 8.56. The Labute approximate surface area is 155 Å². The number of amides is 2. The van der Waals surface area contributed by atoms with E-state index < -0.39 is 23.6 Å². The van der Waals surface area contributed by atoms with Crippen molar-refractivity contribution in [2.45, 2.75) is 11.4 Å². The average Bonchev–Trinajstić information content (AvgIpc) is 3.07. The van der Waals surface area contributed by atoms with E-state index in [-0.39, 0.29) is 16.5 Å². The lowest BCUT2D eigenvalue weighted by Crippen LogP contribution is -2.42. The molecule has 6 nitrogen and oxygen atoms in total. The fourth-order valence-corrected chi connectivity index (χ4v) is 2.75. The molecule has 3 aromatic rings. The van der Waals surface area contributed by atoms with Gasteiger partial charge in [-0.2, -0.15) is 13.2 Å². The summed E-state index contributed by atoms with van der Waals surface area (Å²) in [6.07, 6.45) is -4.56. The summed E-state index contributed by atoms with van der Waals surface area (Å²) in [6, 6.07) is 11.0. The predicted molar refractivity (Wildman–Crippen MR) is 91.8 cm³/mol. The maximum Gasteiger partial charge on any atom is 0.416 e. The minimum Gasteiger partial charge on any atom is -0.431 e. The van der Waals surface area contributed by atoms with Gasteiger partial charge < -0.3 is 4.42 Å². The predicted octanol–water partition coefficient (Wildman–Crippen LogP) is 3.40. The first-order valence-electron chi connectivity index (χ1n) is 7.58. The highest BCUT2D eigenvalue weighted by Crippen LogP contribution is 2.29. The summed E-state index contributed by atoms with van der Waals surface area (Å²) >= 11 is 1.02. The molecule has 2 aromatic carbocycles. The molecule has 1 aromatic heterocycles. The van der Waals surface area contributed by atoms with Crippen molar-refractivity contribution in [3.63, 3.8) is 0 Å². The van der Waals surface area contributed by atoms with Crippen LogP contribution in [0.25, 0.3) is 11.1 Å². The van der Waals surface area contributed by atoms with Crippen molar-refractivity contribution >= 4 is 34.7 Å². The van der Waals surface area contributed by atoms with Gasteiger partial charge in [-0.1, -0.05) is 30.0 Å². The number of hydrazine groups is 1. The van der Waals surface area contributed by atoms with Crippen LogP contribution < -0.4 is 10.9 Å². The van der Waals surface area contributed by atoms with E-state index >= 15 is 0 Å². The molecular weight excluding hydrogens is 383 g/mol. The number of nitrogens with zero attached hydrogens (tertiary/aromatic N) is 1. The van der Waals surface area contributed by atoms with Gasteiger partial charge in [-0.25, -0.2) is 4.98 Å². The average molecular weight is 395 g/mol. The van der Waals surface area contributed by atoms with Gasteiger partial charge in [0.25, 0.3) is 11.1 Å². The number of carbonyl (C=O) groups excluding carboxylic acids is 2. The molecule has 2 amide bonds. The quantitative estimate of drug-likeness (QED) is 0.523. The molecule has 0 aliphatic heterocycles. The molecule has 0 atom stereocenters. The number of rotatable bonds is 4. The summed E-state index contributed by atoms with van der Waals surface area (Å²) in [7, 11) is 0. The standard InChI is InChI=1S/C17H12F3N3O3S/c18-17(19,20)11-5-3-4-10(8-11)15(25)23-22-14(24)9-27-16-21-12-6-1-2-7-13(12)26-16/h1-8H,9H2,(H,22,24)(H,23,25). The highest BCUT2D eigenvalue weighted by Gasteiger charge is 2.30. The second-order valence-electron chi connectivity index (χ2n) is 5.32. The molecule has 0 bridgehead atoms. The van der Waals surface area contributed by atoms with Crippen molar-refractivity contribution in [2.75, 3.05) is 5.75 Å². The molecule has 0 unspecified atom stereocenters. The van der Waals surface area contributed by atoms with Crippen LogP contribution in [0.1, 0.15) is 15.9 Å². The van der Waals surface area contributed by atoms with Crippen molar-refractivity contribution in [3.05, 3.63) is 59.7 Å². The Kier molecular flexibility index (Phi) is 5.36. The first-order chi connectivity index (χ1) is 12.8. The summed E-state index contributed by atoms with van der Waals surface area (Å²) in [4.78, 5) is 27.9. The zero-order chi connectivity index (χ0) is 19.4. The van der Waals surface area contributed by atoms with Crippen LogP contribution in [-0.4, -0.2) is 22.6 Å². The van der Waals surface area contributed by atoms with Crippen LogP contribution >= 0.6 is 11.8 Å². The maximum absolute atomic E-state index is 12.7. The Bertz CT molecular complexity index is 955. The van der Waals surface area contributed by atoms with Crippen LogP contribution in [0.5, 0.6) is 0 Å². The first kappa shape index (κ1) is 18.8.